The molecule has 1 fully saturated rings. The van der Waals surface area contributed by atoms with Gasteiger partial charge in [-0.2, -0.15) is 0 Å². The van der Waals surface area contributed by atoms with Crippen molar-refractivity contribution in [2.24, 2.45) is 5.92 Å². The van der Waals surface area contributed by atoms with Gasteiger partial charge >= 0.3 is 0 Å². The second-order valence-electron chi connectivity index (χ2n) is 5.58. The highest BCUT2D eigenvalue weighted by atomic mass is 79.9. The molecule has 3 heteroatoms. The molecule has 1 amide bonds. The van der Waals surface area contributed by atoms with Crippen LogP contribution in [0, 0.1) is 5.92 Å². The predicted molar refractivity (Wildman–Crippen MR) is 81.8 cm³/mol. The Morgan fingerprint density at radius 3 is 2.47 bits per heavy atom. The van der Waals surface area contributed by atoms with E-state index in [4.69, 9.17) is 0 Å². The van der Waals surface area contributed by atoms with Crippen LogP contribution in [0.5, 0.6) is 0 Å². The molecule has 0 N–H and O–H groups in total. The van der Waals surface area contributed by atoms with Crippen molar-refractivity contribution in [3.8, 4) is 0 Å². The number of nitrogens with zero attached hydrogens (tertiary/aromatic N) is 1. The fraction of sp³-hybridized carbons (Fsp3) is 0.562. The van der Waals surface area contributed by atoms with E-state index in [0.29, 0.717) is 12.5 Å². The minimum absolute atomic E-state index is 0.287. The second kappa shape index (κ2) is 7.09. The molecule has 2 rings (SSSR count). The SMILES string of the molecule is CN(Cc1ccc(Br)cc1)C(=O)CC1CCCCC1. The molecule has 1 aliphatic carbocycles. The molecule has 0 atom stereocenters. The maximum absolute atomic E-state index is 12.2. The summed E-state index contributed by atoms with van der Waals surface area (Å²) in [5.74, 6) is 0.906. The van der Waals surface area contributed by atoms with E-state index in [2.05, 4.69) is 28.1 Å². The van der Waals surface area contributed by atoms with Gasteiger partial charge in [-0.3, -0.25) is 4.79 Å². The zero-order valence-corrected chi connectivity index (χ0v) is 13.2. The van der Waals surface area contributed by atoms with Crippen LogP contribution in [0.4, 0.5) is 0 Å². The lowest BCUT2D eigenvalue weighted by Gasteiger charge is -2.24. The van der Waals surface area contributed by atoms with Crippen LogP contribution in [-0.2, 0) is 11.3 Å². The standard InChI is InChI=1S/C16H22BrNO/c1-18(12-14-7-9-15(17)10-8-14)16(19)11-13-5-3-2-4-6-13/h7-10,13H,2-6,11-12H2,1H3. The molecule has 1 aromatic carbocycles. The number of rotatable bonds is 4. The first-order chi connectivity index (χ1) is 9.15. The summed E-state index contributed by atoms with van der Waals surface area (Å²) in [4.78, 5) is 14.1. The number of carbonyl (C=O) groups is 1. The molecule has 0 aromatic heterocycles. The lowest BCUT2D eigenvalue weighted by atomic mass is 9.86. The summed E-state index contributed by atoms with van der Waals surface area (Å²) in [7, 11) is 1.91. The van der Waals surface area contributed by atoms with E-state index in [9.17, 15) is 4.79 Å². The zero-order valence-electron chi connectivity index (χ0n) is 11.6. The van der Waals surface area contributed by atoms with Crippen molar-refractivity contribution in [3.05, 3.63) is 34.3 Å². The van der Waals surface area contributed by atoms with E-state index < -0.39 is 0 Å². The van der Waals surface area contributed by atoms with E-state index in [0.717, 1.165) is 10.9 Å². The van der Waals surface area contributed by atoms with Gasteiger partial charge in [-0.05, 0) is 36.5 Å². The Bertz CT molecular complexity index is 409. The van der Waals surface area contributed by atoms with E-state index in [1.807, 2.05) is 24.1 Å². The van der Waals surface area contributed by atoms with Crippen LogP contribution in [-0.4, -0.2) is 17.9 Å². The lowest BCUT2D eigenvalue weighted by Crippen LogP contribution is -2.28. The summed E-state index contributed by atoms with van der Waals surface area (Å²) in [6, 6.07) is 8.17. The quantitative estimate of drug-likeness (QED) is 0.805. The molecule has 0 radical (unpaired) electrons. The molecule has 0 aliphatic heterocycles. The van der Waals surface area contributed by atoms with Crippen LogP contribution >= 0.6 is 15.9 Å². The third-order valence-corrected chi connectivity index (χ3v) is 4.48. The highest BCUT2D eigenvalue weighted by Gasteiger charge is 2.19. The highest BCUT2D eigenvalue weighted by molar-refractivity contribution is 9.10. The molecule has 1 aromatic rings. The van der Waals surface area contributed by atoms with Gasteiger partial charge in [0.1, 0.15) is 0 Å². The van der Waals surface area contributed by atoms with Gasteiger partial charge in [0.05, 0.1) is 0 Å². The Labute approximate surface area is 124 Å². The Morgan fingerprint density at radius 1 is 1.21 bits per heavy atom. The zero-order chi connectivity index (χ0) is 13.7. The summed E-state index contributed by atoms with van der Waals surface area (Å²) in [6.45, 7) is 0.707. The van der Waals surface area contributed by atoms with Crippen LogP contribution in [0.2, 0.25) is 0 Å². The molecule has 0 bridgehead atoms. The Hall–Kier alpha value is -0.830. The average molecular weight is 324 g/mol. The molecule has 19 heavy (non-hydrogen) atoms. The molecule has 1 saturated carbocycles. The predicted octanol–water partition coefficient (Wildman–Crippen LogP) is 4.38. The second-order valence-corrected chi connectivity index (χ2v) is 6.50. The van der Waals surface area contributed by atoms with Crippen LogP contribution in [0.1, 0.15) is 44.1 Å². The van der Waals surface area contributed by atoms with Gasteiger partial charge in [0.15, 0.2) is 0 Å². The first-order valence-electron chi connectivity index (χ1n) is 7.13. The maximum Gasteiger partial charge on any atom is 0.222 e. The number of carbonyl (C=O) groups excluding carboxylic acids is 1. The Balaban J connectivity index is 1.83. The summed E-state index contributed by atoms with van der Waals surface area (Å²) in [5, 5.41) is 0. The van der Waals surface area contributed by atoms with Gasteiger partial charge in [0.25, 0.3) is 0 Å². The number of hydrogen-bond acceptors (Lipinski definition) is 1. The first-order valence-corrected chi connectivity index (χ1v) is 7.93. The van der Waals surface area contributed by atoms with Crippen molar-refractivity contribution in [1.29, 1.82) is 0 Å². The van der Waals surface area contributed by atoms with Crippen molar-refractivity contribution in [3.63, 3.8) is 0 Å². The third kappa shape index (κ3) is 4.64. The molecule has 0 saturated heterocycles. The largest absolute Gasteiger partial charge is 0.341 e. The number of amides is 1. The van der Waals surface area contributed by atoms with Gasteiger partial charge in [0, 0.05) is 24.5 Å². The summed E-state index contributed by atoms with van der Waals surface area (Å²) >= 11 is 3.43. The fourth-order valence-electron chi connectivity index (χ4n) is 2.75. The Morgan fingerprint density at radius 2 is 1.84 bits per heavy atom. The van der Waals surface area contributed by atoms with Crippen LogP contribution in [0.25, 0.3) is 0 Å². The van der Waals surface area contributed by atoms with Gasteiger partial charge in [0.2, 0.25) is 5.91 Å². The molecule has 0 heterocycles. The fourth-order valence-corrected chi connectivity index (χ4v) is 3.01. The number of halogens is 1. The van der Waals surface area contributed by atoms with Crippen LogP contribution in [0.15, 0.2) is 28.7 Å². The smallest absolute Gasteiger partial charge is 0.222 e. The Kier molecular flexibility index (Phi) is 5.44. The molecule has 2 nitrogen and oxygen atoms in total. The van der Waals surface area contributed by atoms with Crippen LogP contribution < -0.4 is 0 Å². The minimum Gasteiger partial charge on any atom is -0.341 e. The van der Waals surface area contributed by atoms with Gasteiger partial charge in [-0.25, -0.2) is 0 Å². The van der Waals surface area contributed by atoms with Crippen molar-refractivity contribution < 1.29 is 4.79 Å². The highest BCUT2D eigenvalue weighted by Crippen LogP contribution is 2.26. The summed E-state index contributed by atoms with van der Waals surface area (Å²) in [6.07, 6.45) is 7.14. The van der Waals surface area contributed by atoms with E-state index in [-0.39, 0.29) is 5.91 Å². The number of benzene rings is 1. The van der Waals surface area contributed by atoms with Gasteiger partial charge < -0.3 is 4.90 Å². The molecular weight excluding hydrogens is 302 g/mol. The van der Waals surface area contributed by atoms with Crippen molar-refractivity contribution in [1.82, 2.24) is 4.90 Å². The maximum atomic E-state index is 12.2. The van der Waals surface area contributed by atoms with Gasteiger partial charge in [-0.1, -0.05) is 47.3 Å². The molecule has 0 spiro atoms. The van der Waals surface area contributed by atoms with Gasteiger partial charge in [-0.15, -0.1) is 0 Å². The van der Waals surface area contributed by atoms with Crippen LogP contribution in [0.3, 0.4) is 0 Å². The molecule has 104 valence electrons. The monoisotopic (exact) mass is 323 g/mol. The van der Waals surface area contributed by atoms with Crippen molar-refractivity contribution in [2.75, 3.05) is 7.05 Å². The van der Waals surface area contributed by atoms with E-state index in [1.54, 1.807) is 0 Å². The van der Waals surface area contributed by atoms with E-state index in [1.165, 1.54) is 37.7 Å². The number of hydrogen-bond donors (Lipinski definition) is 0. The average Bonchev–Trinajstić information content (AvgIpc) is 2.42. The third-order valence-electron chi connectivity index (χ3n) is 3.95. The first kappa shape index (κ1) is 14.6. The molecule has 0 unspecified atom stereocenters. The normalized spacial score (nSPS) is 16.3. The lowest BCUT2D eigenvalue weighted by molar-refractivity contribution is -0.131. The molecular formula is C16H22BrNO. The molecule has 1 aliphatic rings. The summed E-state index contributed by atoms with van der Waals surface area (Å²) in [5.41, 5.74) is 1.18. The topological polar surface area (TPSA) is 20.3 Å². The van der Waals surface area contributed by atoms with E-state index >= 15 is 0 Å². The van der Waals surface area contributed by atoms with Crippen molar-refractivity contribution in [2.45, 2.75) is 45.1 Å². The van der Waals surface area contributed by atoms with Crippen molar-refractivity contribution >= 4 is 21.8 Å². The minimum atomic E-state index is 0.287. The summed E-state index contributed by atoms with van der Waals surface area (Å²) < 4.78 is 1.08.